The van der Waals surface area contributed by atoms with Gasteiger partial charge in [0, 0.05) is 36.9 Å². The number of carbonyl (C=O) groups is 1. The van der Waals surface area contributed by atoms with E-state index in [9.17, 15) is 18.0 Å². The first kappa shape index (κ1) is 23.7. The maximum absolute atomic E-state index is 12.8. The smallest absolute Gasteiger partial charge is 0.274 e. The predicted octanol–water partition coefficient (Wildman–Crippen LogP) is 2.75. The van der Waals surface area contributed by atoms with Gasteiger partial charge in [-0.25, -0.2) is 13.6 Å². The highest BCUT2D eigenvalue weighted by atomic mass is 32.2. The summed E-state index contributed by atoms with van der Waals surface area (Å²) in [6.45, 7) is 5.99. The molecule has 4 aromatic heterocycles. The fourth-order valence-corrected chi connectivity index (χ4v) is 5.58. The first-order valence-electron chi connectivity index (χ1n) is 10.4. The average molecular weight is 501 g/mol. The highest BCUT2D eigenvalue weighted by molar-refractivity contribution is 7.91. The molecule has 12 heteroatoms. The van der Waals surface area contributed by atoms with Gasteiger partial charge in [0.2, 0.25) is 10.0 Å². The van der Waals surface area contributed by atoms with Crippen LogP contribution < -0.4 is 21.3 Å². The molecular weight excluding hydrogens is 476 g/mol. The van der Waals surface area contributed by atoms with Gasteiger partial charge in [-0.3, -0.25) is 14.6 Å². The lowest BCUT2D eigenvalue weighted by Crippen LogP contribution is -2.23. The first-order chi connectivity index (χ1) is 16.0. The third kappa shape index (κ3) is 4.22. The molecule has 178 valence electrons. The zero-order valence-electron chi connectivity index (χ0n) is 19.0. The number of nitrogens with two attached hydrogens (primary N) is 1. The number of H-pyrrole nitrogens is 1. The number of rotatable bonds is 6. The highest BCUT2D eigenvalue weighted by Gasteiger charge is 2.23. The van der Waals surface area contributed by atoms with Gasteiger partial charge in [-0.15, -0.1) is 11.3 Å². The molecule has 0 radical (unpaired) electrons. The van der Waals surface area contributed by atoms with Crippen LogP contribution in [0.2, 0.25) is 0 Å². The number of hydrogen-bond donors (Lipinski definition) is 4. The molecule has 1 amide bonds. The Morgan fingerprint density at radius 3 is 2.68 bits per heavy atom. The van der Waals surface area contributed by atoms with E-state index in [0.29, 0.717) is 28.1 Å². The number of pyridine rings is 2. The van der Waals surface area contributed by atoms with Gasteiger partial charge in [0.15, 0.2) is 0 Å². The topological polar surface area (TPSA) is 152 Å². The Morgan fingerprint density at radius 1 is 1.29 bits per heavy atom. The van der Waals surface area contributed by atoms with Crippen molar-refractivity contribution in [2.45, 2.75) is 25.0 Å². The lowest BCUT2D eigenvalue weighted by Gasteiger charge is -2.13. The van der Waals surface area contributed by atoms with Gasteiger partial charge in [-0.1, -0.05) is 0 Å². The van der Waals surface area contributed by atoms with Gasteiger partial charge >= 0.3 is 0 Å². The standard InChI is InChI=1S/C22H24N6O4S2/c1-5-24-21(29)16-8-13-14(10-28(4)22(30)19(13)27-16)20-15(9-17(33-20)34(23,31)32)26-18-11(2)6-7-25-12(18)3/h6-10,26-27H,5H2,1-4H3,(H,24,29)(H2,23,31,32). The number of nitrogens with zero attached hydrogens (tertiary/aromatic N) is 2. The second kappa shape index (κ2) is 8.70. The summed E-state index contributed by atoms with van der Waals surface area (Å²) in [6.07, 6.45) is 3.31. The Hall–Kier alpha value is -3.48. The van der Waals surface area contributed by atoms with Crippen LogP contribution in [0.25, 0.3) is 21.3 Å². The Kier molecular flexibility index (Phi) is 6.06. The monoisotopic (exact) mass is 500 g/mol. The maximum atomic E-state index is 12.8. The van der Waals surface area contributed by atoms with Crippen LogP contribution in [-0.2, 0) is 17.1 Å². The molecule has 0 saturated carbocycles. The summed E-state index contributed by atoms with van der Waals surface area (Å²) in [6, 6.07) is 4.91. The van der Waals surface area contributed by atoms with E-state index in [4.69, 9.17) is 5.14 Å². The largest absolute Gasteiger partial charge is 0.353 e. The van der Waals surface area contributed by atoms with Crippen molar-refractivity contribution >= 4 is 49.5 Å². The number of primary sulfonamides is 1. The molecule has 0 aliphatic heterocycles. The highest BCUT2D eigenvalue weighted by Crippen LogP contribution is 2.42. The quantitative estimate of drug-likeness (QED) is 0.319. The number of aryl methyl sites for hydroxylation is 3. The number of nitrogens with one attached hydrogen (secondary N) is 3. The van der Waals surface area contributed by atoms with Crippen molar-refractivity contribution in [3.05, 3.63) is 57.9 Å². The van der Waals surface area contributed by atoms with Crippen LogP contribution in [0.15, 0.2) is 39.6 Å². The summed E-state index contributed by atoms with van der Waals surface area (Å²) in [4.78, 5) is 33.0. The lowest BCUT2D eigenvalue weighted by molar-refractivity contribution is 0.0951. The van der Waals surface area contributed by atoms with E-state index in [0.717, 1.165) is 28.3 Å². The fraction of sp³-hybridized carbons (Fsp3) is 0.227. The van der Waals surface area contributed by atoms with Crippen molar-refractivity contribution in [1.82, 2.24) is 19.9 Å². The molecule has 34 heavy (non-hydrogen) atoms. The number of carbonyl (C=O) groups excluding carboxylic acids is 1. The van der Waals surface area contributed by atoms with Gasteiger partial charge in [-0.05, 0) is 44.5 Å². The van der Waals surface area contributed by atoms with Crippen LogP contribution in [0.3, 0.4) is 0 Å². The number of aromatic amines is 1. The summed E-state index contributed by atoms with van der Waals surface area (Å²) in [5, 5.41) is 11.9. The van der Waals surface area contributed by atoms with Crippen molar-refractivity contribution in [3.63, 3.8) is 0 Å². The molecule has 4 aromatic rings. The second-order valence-corrected chi connectivity index (χ2v) is 10.7. The van der Waals surface area contributed by atoms with Crippen LogP contribution in [-0.4, -0.2) is 35.4 Å². The van der Waals surface area contributed by atoms with Crippen molar-refractivity contribution < 1.29 is 13.2 Å². The van der Waals surface area contributed by atoms with Crippen LogP contribution in [0, 0.1) is 13.8 Å². The molecule has 10 nitrogen and oxygen atoms in total. The van der Waals surface area contributed by atoms with E-state index < -0.39 is 10.0 Å². The molecule has 5 N–H and O–H groups in total. The number of amides is 1. The minimum absolute atomic E-state index is 0.0364. The molecule has 0 bridgehead atoms. The number of fused-ring (bicyclic) bond motifs is 1. The molecule has 4 rings (SSSR count). The Bertz CT molecular complexity index is 1580. The number of aromatic nitrogens is 3. The van der Waals surface area contributed by atoms with Crippen LogP contribution in [0.4, 0.5) is 11.4 Å². The molecule has 0 fully saturated rings. The summed E-state index contributed by atoms with van der Waals surface area (Å²) in [5.74, 6) is -0.344. The number of thiophene rings is 1. The van der Waals surface area contributed by atoms with E-state index in [1.54, 1.807) is 32.4 Å². The van der Waals surface area contributed by atoms with Gasteiger partial charge in [-0.2, -0.15) is 0 Å². The van der Waals surface area contributed by atoms with Crippen molar-refractivity contribution in [3.8, 4) is 10.4 Å². The number of anilines is 2. The molecule has 0 aromatic carbocycles. The third-order valence-corrected chi connectivity index (χ3v) is 7.98. The van der Waals surface area contributed by atoms with Crippen LogP contribution in [0.1, 0.15) is 28.7 Å². The SMILES string of the molecule is CCNC(=O)c1cc2c(-c3sc(S(N)(=O)=O)cc3Nc3c(C)ccnc3C)cn(C)c(=O)c2[nH]1. The van der Waals surface area contributed by atoms with Gasteiger partial charge in [0.25, 0.3) is 11.5 Å². The van der Waals surface area contributed by atoms with Gasteiger partial charge in [0.05, 0.1) is 21.9 Å². The van der Waals surface area contributed by atoms with E-state index in [1.165, 1.54) is 10.6 Å². The van der Waals surface area contributed by atoms with E-state index in [2.05, 4.69) is 20.6 Å². The molecule has 0 aliphatic rings. The average Bonchev–Trinajstić information content (AvgIpc) is 3.39. The minimum Gasteiger partial charge on any atom is -0.353 e. The summed E-state index contributed by atoms with van der Waals surface area (Å²) in [7, 11) is -2.40. The van der Waals surface area contributed by atoms with Crippen molar-refractivity contribution in [2.24, 2.45) is 12.2 Å². The number of hydrogen-bond acceptors (Lipinski definition) is 7. The summed E-state index contributed by atoms with van der Waals surface area (Å²) in [5.41, 5.74) is 3.63. The lowest BCUT2D eigenvalue weighted by atomic mass is 10.1. The molecule has 0 saturated heterocycles. The predicted molar refractivity (Wildman–Crippen MR) is 133 cm³/mol. The normalized spacial score (nSPS) is 11.7. The molecule has 4 heterocycles. The second-order valence-electron chi connectivity index (χ2n) is 7.86. The molecule has 0 unspecified atom stereocenters. The molecule has 0 aliphatic carbocycles. The number of sulfonamides is 1. The zero-order valence-corrected chi connectivity index (χ0v) is 20.6. The Morgan fingerprint density at radius 2 is 2.03 bits per heavy atom. The van der Waals surface area contributed by atoms with E-state index in [1.807, 2.05) is 19.9 Å². The van der Waals surface area contributed by atoms with Crippen molar-refractivity contribution in [1.29, 1.82) is 0 Å². The van der Waals surface area contributed by atoms with Gasteiger partial charge < -0.3 is 20.2 Å². The molecular formula is C22H24N6O4S2. The third-order valence-electron chi connectivity index (χ3n) is 5.39. The summed E-state index contributed by atoms with van der Waals surface area (Å²) < 4.78 is 25.7. The van der Waals surface area contributed by atoms with Crippen LogP contribution >= 0.6 is 11.3 Å². The van der Waals surface area contributed by atoms with Crippen molar-refractivity contribution in [2.75, 3.05) is 11.9 Å². The summed E-state index contributed by atoms with van der Waals surface area (Å²) >= 11 is 0.982. The maximum Gasteiger partial charge on any atom is 0.274 e. The first-order valence-corrected chi connectivity index (χ1v) is 12.7. The van der Waals surface area contributed by atoms with E-state index >= 15 is 0 Å². The molecule has 0 spiro atoms. The fourth-order valence-electron chi connectivity index (χ4n) is 3.71. The Balaban J connectivity index is 1.99. The molecule has 0 atom stereocenters. The Labute approximate surface area is 199 Å². The van der Waals surface area contributed by atoms with Gasteiger partial charge in [0.1, 0.15) is 15.4 Å². The minimum atomic E-state index is -3.99. The van der Waals surface area contributed by atoms with E-state index in [-0.39, 0.29) is 26.9 Å². The zero-order chi connectivity index (χ0) is 24.8. The van der Waals surface area contributed by atoms with Crippen LogP contribution in [0.5, 0.6) is 0 Å².